The van der Waals surface area contributed by atoms with E-state index in [2.05, 4.69) is 20.3 Å². The molecule has 5 nitrogen and oxygen atoms in total. The van der Waals surface area contributed by atoms with Gasteiger partial charge in [-0.3, -0.25) is 0 Å². The second-order valence-electron chi connectivity index (χ2n) is 4.20. The molecule has 1 N–H and O–H groups in total. The number of hydrogen-bond donors (Lipinski definition) is 1. The van der Waals surface area contributed by atoms with E-state index in [1.165, 1.54) is 6.07 Å². The lowest BCUT2D eigenvalue weighted by Crippen LogP contribution is -2.23. The highest BCUT2D eigenvalue weighted by Gasteiger charge is 2.35. The largest absolute Gasteiger partial charge is 0.451 e. The molecule has 0 aliphatic heterocycles. The van der Waals surface area contributed by atoms with Crippen LogP contribution in [0.1, 0.15) is 12.7 Å². The summed E-state index contributed by atoms with van der Waals surface area (Å²) in [6, 6.07) is 1.09. The number of alkyl halides is 3. The van der Waals surface area contributed by atoms with Crippen LogP contribution in [0.2, 0.25) is 5.15 Å². The summed E-state index contributed by atoms with van der Waals surface area (Å²) in [7, 11) is 0. The summed E-state index contributed by atoms with van der Waals surface area (Å²) in [5, 5.41) is 2.59. The highest BCUT2D eigenvalue weighted by molar-refractivity contribution is 6.29. The van der Waals surface area contributed by atoms with E-state index < -0.39 is 12.0 Å². The number of aromatic nitrogens is 4. The van der Waals surface area contributed by atoms with Crippen LogP contribution in [0.5, 0.6) is 0 Å². The molecule has 0 fully saturated rings. The maximum absolute atomic E-state index is 12.6. The van der Waals surface area contributed by atoms with Crippen molar-refractivity contribution in [3.63, 3.8) is 0 Å². The van der Waals surface area contributed by atoms with Gasteiger partial charge in [-0.05, 0) is 6.92 Å². The first-order valence-corrected chi connectivity index (χ1v) is 6.06. The minimum Gasteiger partial charge on any atom is -0.366 e. The van der Waals surface area contributed by atoms with Gasteiger partial charge in [0.05, 0.1) is 6.33 Å². The van der Waals surface area contributed by atoms with Crippen molar-refractivity contribution in [1.29, 1.82) is 0 Å². The van der Waals surface area contributed by atoms with Gasteiger partial charge < -0.3 is 9.88 Å². The number of halogens is 4. The van der Waals surface area contributed by atoms with Crippen molar-refractivity contribution in [2.45, 2.75) is 25.7 Å². The molecule has 0 saturated carbocycles. The second kappa shape index (κ2) is 5.66. The molecular weight excluding hydrogens is 295 g/mol. The summed E-state index contributed by atoms with van der Waals surface area (Å²) >= 11 is 5.58. The molecule has 0 aromatic carbocycles. The van der Waals surface area contributed by atoms with Gasteiger partial charge in [0, 0.05) is 31.0 Å². The lowest BCUT2D eigenvalue weighted by atomic mass is 10.3. The van der Waals surface area contributed by atoms with Gasteiger partial charge in [-0.15, -0.1) is 0 Å². The number of hydrogen-bond acceptors (Lipinski definition) is 4. The molecule has 0 radical (unpaired) electrons. The zero-order valence-electron chi connectivity index (χ0n) is 10.4. The van der Waals surface area contributed by atoms with Crippen LogP contribution in [-0.2, 0) is 12.7 Å². The van der Waals surface area contributed by atoms with E-state index in [0.717, 1.165) is 0 Å². The molecule has 0 aliphatic carbocycles. The van der Waals surface area contributed by atoms with Crippen molar-refractivity contribution in [3.8, 4) is 0 Å². The Hall–Kier alpha value is -1.83. The van der Waals surface area contributed by atoms with Crippen LogP contribution in [0.3, 0.4) is 0 Å². The van der Waals surface area contributed by atoms with E-state index in [4.69, 9.17) is 11.6 Å². The van der Waals surface area contributed by atoms with Crippen LogP contribution >= 0.6 is 11.6 Å². The lowest BCUT2D eigenvalue weighted by Gasteiger charge is -2.16. The molecule has 0 aliphatic rings. The maximum atomic E-state index is 12.6. The SMILES string of the molecule is CC(Cn1ccnc1)Nc1cc(Cl)nc(C(F)(F)F)n1. The summed E-state index contributed by atoms with van der Waals surface area (Å²) in [5.41, 5.74) is 0. The summed E-state index contributed by atoms with van der Waals surface area (Å²) < 4.78 is 39.5. The van der Waals surface area contributed by atoms with Crippen LogP contribution in [0.4, 0.5) is 19.0 Å². The Bertz CT molecular complexity index is 570. The minimum atomic E-state index is -4.63. The normalized spacial score (nSPS) is 13.2. The topological polar surface area (TPSA) is 55.6 Å². The predicted octanol–water partition coefficient (Wildman–Crippen LogP) is 2.85. The molecule has 20 heavy (non-hydrogen) atoms. The highest BCUT2D eigenvalue weighted by Crippen LogP contribution is 2.28. The highest BCUT2D eigenvalue weighted by atomic mass is 35.5. The fraction of sp³-hybridized carbons (Fsp3) is 0.364. The van der Waals surface area contributed by atoms with Crippen molar-refractivity contribution in [2.75, 3.05) is 5.32 Å². The van der Waals surface area contributed by atoms with Gasteiger partial charge in [-0.1, -0.05) is 11.6 Å². The smallest absolute Gasteiger partial charge is 0.366 e. The molecule has 108 valence electrons. The average Bonchev–Trinajstić information content (AvgIpc) is 2.79. The Morgan fingerprint density at radius 2 is 2.15 bits per heavy atom. The van der Waals surface area contributed by atoms with E-state index in [1.54, 1.807) is 23.3 Å². The van der Waals surface area contributed by atoms with Crippen LogP contribution in [0, 0.1) is 0 Å². The van der Waals surface area contributed by atoms with Crippen molar-refractivity contribution < 1.29 is 13.2 Å². The quantitative estimate of drug-likeness (QED) is 0.883. The van der Waals surface area contributed by atoms with Crippen molar-refractivity contribution in [3.05, 3.63) is 35.8 Å². The molecule has 2 heterocycles. The first-order chi connectivity index (χ1) is 9.34. The maximum Gasteiger partial charge on any atom is 0.451 e. The molecule has 1 unspecified atom stereocenters. The fourth-order valence-electron chi connectivity index (χ4n) is 1.63. The Morgan fingerprint density at radius 3 is 2.75 bits per heavy atom. The van der Waals surface area contributed by atoms with E-state index in [-0.39, 0.29) is 17.0 Å². The number of rotatable bonds is 4. The monoisotopic (exact) mass is 305 g/mol. The second-order valence-corrected chi connectivity index (χ2v) is 4.59. The number of anilines is 1. The fourth-order valence-corrected chi connectivity index (χ4v) is 1.81. The Kier molecular flexibility index (Phi) is 4.12. The van der Waals surface area contributed by atoms with Crippen LogP contribution in [0.25, 0.3) is 0 Å². The van der Waals surface area contributed by atoms with Crippen molar-refractivity contribution in [2.24, 2.45) is 0 Å². The predicted molar refractivity (Wildman–Crippen MR) is 67.4 cm³/mol. The third-order valence-corrected chi connectivity index (χ3v) is 2.58. The number of imidazole rings is 1. The van der Waals surface area contributed by atoms with Crippen molar-refractivity contribution in [1.82, 2.24) is 19.5 Å². The van der Waals surface area contributed by atoms with Gasteiger partial charge in [0.15, 0.2) is 0 Å². The molecule has 2 rings (SSSR count). The first-order valence-electron chi connectivity index (χ1n) is 5.68. The zero-order valence-corrected chi connectivity index (χ0v) is 11.2. The van der Waals surface area contributed by atoms with Gasteiger partial charge in [-0.2, -0.15) is 13.2 Å². The van der Waals surface area contributed by atoms with E-state index in [0.29, 0.717) is 6.54 Å². The summed E-state index contributed by atoms with van der Waals surface area (Å²) in [4.78, 5) is 10.5. The molecule has 2 aromatic rings. The Balaban J connectivity index is 2.11. The first kappa shape index (κ1) is 14.6. The Morgan fingerprint density at radius 1 is 1.40 bits per heavy atom. The van der Waals surface area contributed by atoms with E-state index in [1.807, 2.05) is 6.92 Å². The third kappa shape index (κ3) is 3.83. The van der Waals surface area contributed by atoms with Crippen LogP contribution in [0.15, 0.2) is 24.8 Å². The molecule has 0 saturated heterocycles. The summed E-state index contributed by atoms with van der Waals surface area (Å²) in [6.07, 6.45) is 0.365. The standard InChI is InChI=1S/C11H11ClF3N5/c1-7(5-20-3-2-16-6-20)17-9-4-8(12)18-10(19-9)11(13,14)15/h2-4,6-7H,5H2,1H3,(H,17,18,19). The van der Waals surface area contributed by atoms with Crippen LogP contribution < -0.4 is 5.32 Å². The van der Waals surface area contributed by atoms with E-state index >= 15 is 0 Å². The molecule has 9 heteroatoms. The Labute approximate surface area is 117 Å². The summed E-state index contributed by atoms with van der Waals surface area (Å²) in [6.45, 7) is 2.34. The molecule has 1 atom stereocenters. The molecule has 2 aromatic heterocycles. The van der Waals surface area contributed by atoms with Gasteiger partial charge >= 0.3 is 6.18 Å². The van der Waals surface area contributed by atoms with E-state index in [9.17, 15) is 13.2 Å². The average molecular weight is 306 g/mol. The summed E-state index contributed by atoms with van der Waals surface area (Å²) in [5.74, 6) is -1.23. The van der Waals surface area contributed by atoms with Crippen molar-refractivity contribution >= 4 is 17.4 Å². The van der Waals surface area contributed by atoms with Gasteiger partial charge in [0.2, 0.25) is 5.82 Å². The molecule has 0 amide bonds. The number of nitrogens with zero attached hydrogens (tertiary/aromatic N) is 4. The van der Waals surface area contributed by atoms with Gasteiger partial charge in [-0.25, -0.2) is 15.0 Å². The van der Waals surface area contributed by atoms with Crippen LogP contribution in [-0.4, -0.2) is 25.6 Å². The molecule has 0 spiro atoms. The molecular formula is C11H11ClF3N5. The lowest BCUT2D eigenvalue weighted by molar-refractivity contribution is -0.144. The number of nitrogens with one attached hydrogen (secondary N) is 1. The zero-order chi connectivity index (χ0) is 14.8. The minimum absolute atomic E-state index is 0.0324. The molecule has 0 bridgehead atoms. The third-order valence-electron chi connectivity index (χ3n) is 2.39. The van der Waals surface area contributed by atoms with Gasteiger partial charge in [0.1, 0.15) is 11.0 Å². The van der Waals surface area contributed by atoms with Gasteiger partial charge in [0.25, 0.3) is 0 Å².